The predicted molar refractivity (Wildman–Crippen MR) is 60.1 cm³/mol. The first-order valence-corrected chi connectivity index (χ1v) is 5.03. The first-order chi connectivity index (χ1) is 6.63. The quantitative estimate of drug-likeness (QED) is 0.723. The summed E-state index contributed by atoms with van der Waals surface area (Å²) in [5, 5.41) is 9.48. The van der Waals surface area contributed by atoms with Crippen LogP contribution in [0, 0.1) is 5.92 Å². The van der Waals surface area contributed by atoms with Gasteiger partial charge in [-0.2, -0.15) is 0 Å². The van der Waals surface area contributed by atoms with Gasteiger partial charge in [-0.25, -0.2) is 0 Å². The number of rotatable bonds is 4. The fourth-order valence-corrected chi connectivity index (χ4v) is 1.46. The summed E-state index contributed by atoms with van der Waals surface area (Å²) in [5.74, 6) is 0.671. The lowest BCUT2D eigenvalue weighted by Crippen LogP contribution is -1.96. The monoisotopic (exact) mass is 190 g/mol. The van der Waals surface area contributed by atoms with E-state index in [0.717, 1.165) is 12.0 Å². The highest BCUT2D eigenvalue weighted by Crippen LogP contribution is 2.16. The zero-order valence-corrected chi connectivity index (χ0v) is 8.90. The van der Waals surface area contributed by atoms with Gasteiger partial charge in [-0.05, 0) is 23.5 Å². The van der Waals surface area contributed by atoms with Crippen molar-refractivity contribution in [1.29, 1.82) is 0 Å². The molecule has 1 rings (SSSR count). The normalized spacial score (nSPS) is 12.9. The van der Waals surface area contributed by atoms with Gasteiger partial charge in [0.05, 0.1) is 6.10 Å². The lowest BCUT2D eigenvalue weighted by Gasteiger charge is -2.08. The molecule has 0 amide bonds. The summed E-state index contributed by atoms with van der Waals surface area (Å²) in [6, 6.07) is 8.07. The molecule has 1 unspecified atom stereocenters. The molecule has 1 nitrogen and oxygen atoms in total. The van der Waals surface area contributed by atoms with Gasteiger partial charge >= 0.3 is 0 Å². The van der Waals surface area contributed by atoms with Gasteiger partial charge in [-0.1, -0.05) is 44.2 Å². The molecule has 1 aromatic carbocycles. The van der Waals surface area contributed by atoms with E-state index in [2.05, 4.69) is 32.6 Å². The van der Waals surface area contributed by atoms with Crippen molar-refractivity contribution < 1.29 is 5.11 Å². The van der Waals surface area contributed by atoms with Crippen molar-refractivity contribution in [2.75, 3.05) is 0 Å². The summed E-state index contributed by atoms with van der Waals surface area (Å²) in [6.07, 6.45) is 2.09. The Morgan fingerprint density at radius 2 is 1.86 bits per heavy atom. The second-order valence-corrected chi connectivity index (χ2v) is 4.02. The van der Waals surface area contributed by atoms with E-state index in [1.165, 1.54) is 11.6 Å². The number of hydrogen-bond donors (Lipinski definition) is 1. The Hall–Kier alpha value is -1.08. The Bertz CT molecular complexity index is 285. The minimum absolute atomic E-state index is 0.539. The van der Waals surface area contributed by atoms with Crippen molar-refractivity contribution in [2.45, 2.75) is 26.4 Å². The van der Waals surface area contributed by atoms with E-state index < -0.39 is 6.10 Å². The van der Waals surface area contributed by atoms with E-state index in [-0.39, 0.29) is 0 Å². The molecule has 1 N–H and O–H groups in total. The average molecular weight is 190 g/mol. The van der Waals surface area contributed by atoms with Gasteiger partial charge in [-0.15, -0.1) is 6.58 Å². The van der Waals surface area contributed by atoms with Gasteiger partial charge in [0.15, 0.2) is 0 Å². The number of aliphatic hydroxyl groups is 1. The van der Waals surface area contributed by atoms with Gasteiger partial charge in [0.1, 0.15) is 0 Å². The van der Waals surface area contributed by atoms with Crippen molar-refractivity contribution >= 4 is 0 Å². The molecule has 76 valence electrons. The summed E-state index contributed by atoms with van der Waals surface area (Å²) in [6.45, 7) is 7.96. The molecule has 0 aromatic heterocycles. The Labute approximate surface area is 86.1 Å². The molecule has 1 heteroatoms. The van der Waals surface area contributed by atoms with Crippen LogP contribution in [0.3, 0.4) is 0 Å². The van der Waals surface area contributed by atoms with Crippen LogP contribution in [0.2, 0.25) is 0 Å². The van der Waals surface area contributed by atoms with Gasteiger partial charge in [0.2, 0.25) is 0 Å². The number of hydrogen-bond acceptors (Lipinski definition) is 1. The first-order valence-electron chi connectivity index (χ1n) is 5.03. The molecule has 0 saturated heterocycles. The van der Waals surface area contributed by atoms with E-state index in [1.807, 2.05) is 12.1 Å². The van der Waals surface area contributed by atoms with Gasteiger partial charge in [0.25, 0.3) is 0 Å². The molecule has 14 heavy (non-hydrogen) atoms. The minimum atomic E-state index is -0.539. The third-order valence-corrected chi connectivity index (χ3v) is 2.19. The van der Waals surface area contributed by atoms with Gasteiger partial charge < -0.3 is 5.11 Å². The molecule has 0 bridgehead atoms. The zero-order chi connectivity index (χ0) is 10.6. The van der Waals surface area contributed by atoms with Crippen molar-refractivity contribution in [3.8, 4) is 0 Å². The summed E-state index contributed by atoms with van der Waals surface area (Å²) < 4.78 is 0. The van der Waals surface area contributed by atoms with Crippen LogP contribution >= 0.6 is 0 Å². The highest BCUT2D eigenvalue weighted by Gasteiger charge is 2.02. The fourth-order valence-electron chi connectivity index (χ4n) is 1.46. The van der Waals surface area contributed by atoms with Gasteiger partial charge in [-0.3, -0.25) is 0 Å². The average Bonchev–Trinajstić information content (AvgIpc) is 2.17. The standard InChI is InChI=1S/C13H18O/c1-4-13(14)12-7-5-11(6-8-12)9-10(2)3/h4-8,10,13-14H,1,9H2,2-3H3. The van der Waals surface area contributed by atoms with E-state index in [1.54, 1.807) is 0 Å². The minimum Gasteiger partial charge on any atom is -0.384 e. The highest BCUT2D eigenvalue weighted by molar-refractivity contribution is 5.26. The van der Waals surface area contributed by atoms with E-state index in [4.69, 9.17) is 0 Å². The Morgan fingerprint density at radius 1 is 1.29 bits per heavy atom. The summed E-state index contributed by atoms with van der Waals surface area (Å²) >= 11 is 0. The second-order valence-electron chi connectivity index (χ2n) is 4.02. The molecule has 1 aromatic rings. The van der Waals surface area contributed by atoms with E-state index in [9.17, 15) is 5.11 Å². The lowest BCUT2D eigenvalue weighted by molar-refractivity contribution is 0.229. The third-order valence-electron chi connectivity index (χ3n) is 2.19. The number of benzene rings is 1. The van der Waals surface area contributed by atoms with Gasteiger partial charge in [0, 0.05) is 0 Å². The summed E-state index contributed by atoms with van der Waals surface area (Å²) in [7, 11) is 0. The molecule has 1 atom stereocenters. The Balaban J connectivity index is 2.73. The molecule has 0 radical (unpaired) electrons. The molecule has 0 spiro atoms. The maximum atomic E-state index is 9.48. The fraction of sp³-hybridized carbons (Fsp3) is 0.385. The second kappa shape index (κ2) is 4.97. The van der Waals surface area contributed by atoms with Crippen molar-refractivity contribution in [1.82, 2.24) is 0 Å². The first kappa shape index (κ1) is 11.0. The predicted octanol–water partition coefficient (Wildman–Crippen LogP) is 3.10. The summed E-state index contributed by atoms with van der Waals surface area (Å²) in [4.78, 5) is 0. The SMILES string of the molecule is C=CC(O)c1ccc(CC(C)C)cc1. The smallest absolute Gasteiger partial charge is 0.0969 e. The summed E-state index contributed by atoms with van der Waals surface area (Å²) in [5.41, 5.74) is 2.23. The molecule has 0 aliphatic rings. The van der Waals surface area contributed by atoms with E-state index in [0.29, 0.717) is 5.92 Å². The van der Waals surface area contributed by atoms with Crippen LogP contribution in [0.1, 0.15) is 31.1 Å². The Kier molecular flexibility index (Phi) is 3.90. The van der Waals surface area contributed by atoms with E-state index >= 15 is 0 Å². The van der Waals surface area contributed by atoms with Crippen LogP contribution in [-0.2, 0) is 6.42 Å². The van der Waals surface area contributed by atoms with Crippen LogP contribution < -0.4 is 0 Å². The molecule has 0 heterocycles. The van der Waals surface area contributed by atoms with Crippen LogP contribution in [-0.4, -0.2) is 5.11 Å². The van der Waals surface area contributed by atoms with Crippen LogP contribution in [0.4, 0.5) is 0 Å². The number of aliphatic hydroxyl groups excluding tert-OH is 1. The molecule has 0 fully saturated rings. The maximum absolute atomic E-state index is 9.48. The molecule has 0 saturated carbocycles. The van der Waals surface area contributed by atoms with Crippen molar-refractivity contribution in [2.24, 2.45) is 5.92 Å². The molecule has 0 aliphatic heterocycles. The van der Waals surface area contributed by atoms with Crippen LogP contribution in [0.25, 0.3) is 0 Å². The highest BCUT2D eigenvalue weighted by atomic mass is 16.3. The van der Waals surface area contributed by atoms with Crippen LogP contribution in [0.5, 0.6) is 0 Å². The largest absolute Gasteiger partial charge is 0.384 e. The van der Waals surface area contributed by atoms with Crippen molar-refractivity contribution in [3.63, 3.8) is 0 Å². The molecule has 0 aliphatic carbocycles. The topological polar surface area (TPSA) is 20.2 Å². The van der Waals surface area contributed by atoms with Crippen LogP contribution in [0.15, 0.2) is 36.9 Å². The molecular weight excluding hydrogens is 172 g/mol. The van der Waals surface area contributed by atoms with Crippen molar-refractivity contribution in [3.05, 3.63) is 48.0 Å². The maximum Gasteiger partial charge on any atom is 0.0969 e. The lowest BCUT2D eigenvalue weighted by atomic mass is 10.0. The zero-order valence-electron chi connectivity index (χ0n) is 8.90. The third kappa shape index (κ3) is 3.00. The Morgan fingerprint density at radius 3 is 2.29 bits per heavy atom. The molecular formula is C13H18O.